The van der Waals surface area contributed by atoms with Gasteiger partial charge in [-0.3, -0.25) is 0 Å². The van der Waals surface area contributed by atoms with E-state index in [-0.39, 0.29) is 12.1 Å². The molecular formula is C29H29N3O2. The van der Waals surface area contributed by atoms with Crippen LogP contribution in [0.4, 0.5) is 10.5 Å². The number of amides is 2. The molecule has 0 unspecified atom stereocenters. The Morgan fingerprint density at radius 2 is 1.71 bits per heavy atom. The number of fused-ring (bicyclic) bond motifs is 3. The third-order valence-electron chi connectivity index (χ3n) is 6.20. The van der Waals surface area contributed by atoms with E-state index in [0.29, 0.717) is 13.2 Å². The van der Waals surface area contributed by atoms with Crippen molar-refractivity contribution in [2.45, 2.75) is 33.4 Å². The lowest BCUT2D eigenvalue weighted by Gasteiger charge is -2.31. The van der Waals surface area contributed by atoms with Gasteiger partial charge in [0, 0.05) is 17.6 Å². The van der Waals surface area contributed by atoms with E-state index >= 15 is 0 Å². The highest BCUT2D eigenvalue weighted by Gasteiger charge is 2.33. The maximum atomic E-state index is 13.8. The minimum atomic E-state index is -0.260. The summed E-state index contributed by atoms with van der Waals surface area (Å²) in [6, 6.07) is 26.2. The third kappa shape index (κ3) is 4.17. The SMILES string of the molecule is CCOc1ccc([C@H]2c3cccn3-c3ccccc3CN2C(=O)Nc2cc(C)cc(C)c2)cc1. The zero-order chi connectivity index (χ0) is 23.7. The van der Waals surface area contributed by atoms with Crippen molar-refractivity contribution in [1.82, 2.24) is 9.47 Å². The van der Waals surface area contributed by atoms with Crippen LogP contribution in [-0.4, -0.2) is 22.1 Å². The summed E-state index contributed by atoms with van der Waals surface area (Å²) < 4.78 is 7.85. The molecule has 1 aliphatic rings. The molecule has 5 heteroatoms. The Labute approximate surface area is 200 Å². The van der Waals surface area contributed by atoms with Crippen molar-refractivity contribution >= 4 is 11.7 Å². The molecule has 0 spiro atoms. The van der Waals surface area contributed by atoms with Crippen molar-refractivity contribution < 1.29 is 9.53 Å². The number of carbonyl (C=O) groups excluding carboxylic acids is 1. The van der Waals surface area contributed by atoms with Crippen LogP contribution in [0.1, 0.15) is 40.9 Å². The fourth-order valence-electron chi connectivity index (χ4n) is 4.85. The van der Waals surface area contributed by atoms with Gasteiger partial charge in [0.1, 0.15) is 5.75 Å². The van der Waals surface area contributed by atoms with Gasteiger partial charge < -0.3 is 19.5 Å². The van der Waals surface area contributed by atoms with Gasteiger partial charge in [0.25, 0.3) is 0 Å². The first-order valence-corrected chi connectivity index (χ1v) is 11.7. The lowest BCUT2D eigenvalue weighted by atomic mass is 10.0. The van der Waals surface area contributed by atoms with Crippen LogP contribution in [0.5, 0.6) is 5.75 Å². The molecule has 3 aromatic carbocycles. The molecule has 1 aromatic heterocycles. The molecule has 0 aliphatic carbocycles. The molecule has 172 valence electrons. The number of benzene rings is 3. The molecule has 5 rings (SSSR count). The van der Waals surface area contributed by atoms with Gasteiger partial charge in [-0.05, 0) is 85.5 Å². The summed E-state index contributed by atoms with van der Waals surface area (Å²) in [4.78, 5) is 15.7. The molecule has 0 radical (unpaired) electrons. The second kappa shape index (κ2) is 9.10. The number of carbonyl (C=O) groups is 1. The van der Waals surface area contributed by atoms with Gasteiger partial charge in [0.05, 0.1) is 24.9 Å². The third-order valence-corrected chi connectivity index (χ3v) is 6.20. The van der Waals surface area contributed by atoms with Crippen LogP contribution in [0.3, 0.4) is 0 Å². The van der Waals surface area contributed by atoms with Gasteiger partial charge in [-0.2, -0.15) is 0 Å². The van der Waals surface area contributed by atoms with E-state index in [0.717, 1.165) is 45.1 Å². The highest BCUT2D eigenvalue weighted by molar-refractivity contribution is 5.90. The summed E-state index contributed by atoms with van der Waals surface area (Å²) in [6.45, 7) is 7.17. The van der Waals surface area contributed by atoms with E-state index in [4.69, 9.17) is 4.74 Å². The smallest absolute Gasteiger partial charge is 0.322 e. The van der Waals surface area contributed by atoms with Crippen LogP contribution in [-0.2, 0) is 6.54 Å². The molecular weight excluding hydrogens is 422 g/mol. The van der Waals surface area contributed by atoms with Gasteiger partial charge in [-0.25, -0.2) is 4.79 Å². The Hall–Kier alpha value is -3.99. The first-order valence-electron chi connectivity index (χ1n) is 11.7. The van der Waals surface area contributed by atoms with Gasteiger partial charge in [-0.1, -0.05) is 36.4 Å². The summed E-state index contributed by atoms with van der Waals surface area (Å²) >= 11 is 0. The maximum Gasteiger partial charge on any atom is 0.322 e. The fourth-order valence-corrected chi connectivity index (χ4v) is 4.85. The molecule has 1 aliphatic heterocycles. The molecule has 0 fully saturated rings. The molecule has 0 bridgehead atoms. The van der Waals surface area contributed by atoms with E-state index in [9.17, 15) is 4.79 Å². The van der Waals surface area contributed by atoms with E-state index in [1.807, 2.05) is 68.1 Å². The molecule has 2 heterocycles. The molecule has 1 N–H and O–H groups in total. The van der Waals surface area contributed by atoms with Crippen molar-refractivity contribution in [3.8, 4) is 11.4 Å². The van der Waals surface area contributed by atoms with Gasteiger partial charge >= 0.3 is 6.03 Å². The van der Waals surface area contributed by atoms with Crippen molar-refractivity contribution in [2.75, 3.05) is 11.9 Å². The van der Waals surface area contributed by atoms with Gasteiger partial charge in [-0.15, -0.1) is 0 Å². The minimum absolute atomic E-state index is 0.131. The summed E-state index contributed by atoms with van der Waals surface area (Å²) in [7, 11) is 0. The first kappa shape index (κ1) is 21.8. The predicted molar refractivity (Wildman–Crippen MR) is 136 cm³/mol. The summed E-state index contributed by atoms with van der Waals surface area (Å²) in [5.74, 6) is 0.824. The summed E-state index contributed by atoms with van der Waals surface area (Å²) in [5.41, 5.74) is 7.32. The number of para-hydroxylation sites is 1. The Bertz CT molecular complexity index is 1300. The second-order valence-electron chi connectivity index (χ2n) is 8.77. The number of aryl methyl sites for hydroxylation is 2. The standard InChI is InChI=1S/C29H29N3O2/c1-4-34-25-13-11-22(12-14-25)28-27-10-7-15-31(27)26-9-6-5-8-23(26)19-32(28)29(33)30-24-17-20(2)16-21(3)18-24/h5-18,28H,4,19H2,1-3H3,(H,30,33)/t28-/m0/s1. The normalized spacial score (nSPS) is 14.7. The van der Waals surface area contributed by atoms with Crippen molar-refractivity contribution in [3.05, 3.63) is 113 Å². The molecule has 1 atom stereocenters. The number of nitrogens with zero attached hydrogens (tertiary/aromatic N) is 2. The average Bonchev–Trinajstić information content (AvgIpc) is 3.23. The van der Waals surface area contributed by atoms with Crippen molar-refractivity contribution in [2.24, 2.45) is 0 Å². The number of hydrogen-bond donors (Lipinski definition) is 1. The number of ether oxygens (including phenoxy) is 1. The maximum absolute atomic E-state index is 13.8. The Morgan fingerprint density at radius 1 is 0.971 bits per heavy atom. The highest BCUT2D eigenvalue weighted by atomic mass is 16.5. The van der Waals surface area contributed by atoms with Crippen molar-refractivity contribution in [3.63, 3.8) is 0 Å². The monoisotopic (exact) mass is 451 g/mol. The molecule has 2 amide bonds. The zero-order valence-electron chi connectivity index (χ0n) is 19.8. The van der Waals surface area contributed by atoms with Crippen LogP contribution in [0.15, 0.2) is 85.1 Å². The van der Waals surface area contributed by atoms with Crippen LogP contribution in [0.2, 0.25) is 0 Å². The van der Waals surface area contributed by atoms with E-state index in [1.54, 1.807) is 0 Å². The van der Waals surface area contributed by atoms with E-state index in [2.05, 4.69) is 52.5 Å². The quantitative estimate of drug-likeness (QED) is 0.378. The lowest BCUT2D eigenvalue weighted by Crippen LogP contribution is -2.38. The van der Waals surface area contributed by atoms with Crippen LogP contribution >= 0.6 is 0 Å². The average molecular weight is 452 g/mol. The number of rotatable bonds is 4. The Balaban J connectivity index is 1.60. The first-order chi connectivity index (χ1) is 16.5. The number of anilines is 1. The number of aromatic nitrogens is 1. The van der Waals surface area contributed by atoms with Crippen molar-refractivity contribution in [1.29, 1.82) is 0 Å². The largest absolute Gasteiger partial charge is 0.494 e. The molecule has 4 aromatic rings. The second-order valence-corrected chi connectivity index (χ2v) is 8.77. The van der Waals surface area contributed by atoms with E-state index < -0.39 is 0 Å². The molecule has 0 saturated heterocycles. The summed E-state index contributed by atoms with van der Waals surface area (Å²) in [6.07, 6.45) is 2.07. The number of hydrogen-bond acceptors (Lipinski definition) is 2. The number of nitrogens with one attached hydrogen (secondary N) is 1. The Kier molecular flexibility index (Phi) is 5.84. The minimum Gasteiger partial charge on any atom is -0.494 e. The van der Waals surface area contributed by atoms with Gasteiger partial charge in [0.15, 0.2) is 0 Å². The highest BCUT2D eigenvalue weighted by Crippen LogP contribution is 2.37. The van der Waals surface area contributed by atoms with Crippen LogP contribution < -0.4 is 10.1 Å². The molecule has 34 heavy (non-hydrogen) atoms. The Morgan fingerprint density at radius 3 is 2.44 bits per heavy atom. The summed E-state index contributed by atoms with van der Waals surface area (Å²) in [5, 5.41) is 3.16. The van der Waals surface area contributed by atoms with Crippen LogP contribution in [0, 0.1) is 13.8 Å². The fraction of sp³-hybridized carbons (Fsp3) is 0.207. The topological polar surface area (TPSA) is 46.5 Å². The van der Waals surface area contributed by atoms with Gasteiger partial charge in [0.2, 0.25) is 0 Å². The van der Waals surface area contributed by atoms with E-state index in [1.165, 1.54) is 0 Å². The predicted octanol–water partition coefficient (Wildman–Crippen LogP) is 6.63. The number of urea groups is 1. The molecule has 0 saturated carbocycles. The van der Waals surface area contributed by atoms with Crippen LogP contribution in [0.25, 0.3) is 5.69 Å². The lowest BCUT2D eigenvalue weighted by molar-refractivity contribution is 0.194. The zero-order valence-corrected chi connectivity index (χ0v) is 19.8. The molecule has 5 nitrogen and oxygen atoms in total.